The van der Waals surface area contributed by atoms with E-state index in [0.717, 1.165) is 12.1 Å². The molecule has 2 aromatic heterocycles. The van der Waals surface area contributed by atoms with Crippen molar-refractivity contribution in [3.05, 3.63) is 35.9 Å². The summed E-state index contributed by atoms with van der Waals surface area (Å²) in [4.78, 5) is 16.3. The molecular weight excluding hydrogens is 312 g/mol. The number of rotatable bonds is 5. The van der Waals surface area contributed by atoms with Crippen LogP contribution in [-0.4, -0.2) is 51.1 Å². The third-order valence-electron chi connectivity index (χ3n) is 3.79. The lowest BCUT2D eigenvalue weighted by atomic mass is 10.2. The van der Waals surface area contributed by atoms with Crippen LogP contribution in [0.5, 0.6) is 11.5 Å². The molecule has 2 N–H and O–H groups in total. The van der Waals surface area contributed by atoms with Gasteiger partial charge in [0.05, 0.1) is 31.6 Å². The highest BCUT2D eigenvalue weighted by atomic mass is 16.5. The number of carbonyl (C=O) groups is 1. The van der Waals surface area contributed by atoms with Gasteiger partial charge in [-0.1, -0.05) is 0 Å². The van der Waals surface area contributed by atoms with Gasteiger partial charge in [-0.25, -0.2) is 4.98 Å². The zero-order valence-corrected chi connectivity index (χ0v) is 13.6. The highest BCUT2D eigenvalue weighted by molar-refractivity contribution is 5.95. The van der Waals surface area contributed by atoms with E-state index in [1.807, 2.05) is 6.92 Å². The maximum Gasteiger partial charge on any atom is 0.274 e. The zero-order valence-electron chi connectivity index (χ0n) is 13.6. The molecule has 8 nitrogen and oxygen atoms in total. The predicted molar refractivity (Wildman–Crippen MR) is 85.0 cm³/mol. The normalized spacial score (nSPS) is 20.1. The van der Waals surface area contributed by atoms with E-state index < -0.39 is 5.91 Å². The molecule has 3 rings (SSSR count). The molecule has 2 aromatic rings. The van der Waals surface area contributed by atoms with Crippen LogP contribution in [0.3, 0.4) is 0 Å². The molecule has 0 unspecified atom stereocenters. The Labute approximate surface area is 139 Å². The number of pyridine rings is 1. The van der Waals surface area contributed by atoms with Crippen molar-refractivity contribution < 1.29 is 19.4 Å². The van der Waals surface area contributed by atoms with E-state index in [0.29, 0.717) is 19.0 Å². The number of hydrogen-bond acceptors (Lipinski definition) is 6. The first-order chi connectivity index (χ1) is 11.6. The van der Waals surface area contributed by atoms with Crippen molar-refractivity contribution in [1.29, 1.82) is 0 Å². The molecule has 128 valence electrons. The molecule has 24 heavy (non-hydrogen) atoms. The van der Waals surface area contributed by atoms with Crippen molar-refractivity contribution >= 4 is 5.91 Å². The lowest BCUT2D eigenvalue weighted by Crippen LogP contribution is -2.45. The molecule has 1 fully saturated rings. The first-order valence-corrected chi connectivity index (χ1v) is 7.80. The standard InChI is InChI=1S/C16H20N4O4/c1-3-20-7-11(6-18-20)24-14-9-23-8-12(14)19-16(22)15-13(21)4-10(2)5-17-15/h4-7,12,14,21H,3,8-9H2,1-2H3,(H,19,22)/t12-,14+/m0/s1. The monoisotopic (exact) mass is 332 g/mol. The Morgan fingerprint density at radius 3 is 3.04 bits per heavy atom. The Kier molecular flexibility index (Phi) is 4.66. The van der Waals surface area contributed by atoms with Crippen LogP contribution in [0, 0.1) is 6.92 Å². The molecule has 3 heterocycles. The lowest BCUT2D eigenvalue weighted by molar-refractivity contribution is 0.0896. The second-order valence-electron chi connectivity index (χ2n) is 5.69. The van der Waals surface area contributed by atoms with Crippen LogP contribution < -0.4 is 10.1 Å². The van der Waals surface area contributed by atoms with Gasteiger partial charge in [-0.3, -0.25) is 9.48 Å². The molecule has 0 aliphatic carbocycles. The summed E-state index contributed by atoms with van der Waals surface area (Å²) in [6.07, 6.45) is 4.64. The third-order valence-corrected chi connectivity index (χ3v) is 3.79. The summed E-state index contributed by atoms with van der Waals surface area (Å²) in [7, 11) is 0. The summed E-state index contributed by atoms with van der Waals surface area (Å²) in [6, 6.07) is 1.17. The highest BCUT2D eigenvalue weighted by Gasteiger charge is 2.32. The maximum atomic E-state index is 12.3. The minimum absolute atomic E-state index is 0.00921. The molecule has 1 aliphatic heterocycles. The van der Waals surface area contributed by atoms with Gasteiger partial charge in [0.2, 0.25) is 0 Å². The molecule has 8 heteroatoms. The van der Waals surface area contributed by atoms with Crippen LogP contribution in [-0.2, 0) is 11.3 Å². The molecule has 2 atom stereocenters. The molecule has 0 radical (unpaired) electrons. The van der Waals surface area contributed by atoms with Crippen molar-refractivity contribution in [3.63, 3.8) is 0 Å². The highest BCUT2D eigenvalue weighted by Crippen LogP contribution is 2.19. The Hall–Kier alpha value is -2.61. The summed E-state index contributed by atoms with van der Waals surface area (Å²) in [5, 5.41) is 16.8. The van der Waals surface area contributed by atoms with Gasteiger partial charge >= 0.3 is 0 Å². The minimum atomic E-state index is -0.458. The van der Waals surface area contributed by atoms with E-state index in [1.165, 1.54) is 12.3 Å². The van der Waals surface area contributed by atoms with Crippen LogP contribution in [0.2, 0.25) is 0 Å². The van der Waals surface area contributed by atoms with Crippen LogP contribution in [0.1, 0.15) is 23.0 Å². The van der Waals surface area contributed by atoms with E-state index in [4.69, 9.17) is 9.47 Å². The molecule has 0 aromatic carbocycles. The van der Waals surface area contributed by atoms with Crippen molar-refractivity contribution in [2.45, 2.75) is 32.5 Å². The summed E-state index contributed by atoms with van der Waals surface area (Å²) < 4.78 is 13.0. The minimum Gasteiger partial charge on any atom is -0.505 e. The summed E-state index contributed by atoms with van der Waals surface area (Å²) in [6.45, 7) is 5.24. The summed E-state index contributed by atoms with van der Waals surface area (Å²) >= 11 is 0. The first kappa shape index (κ1) is 16.3. The number of nitrogens with zero attached hydrogens (tertiary/aromatic N) is 3. The molecule has 0 spiro atoms. The predicted octanol–water partition coefficient (Wildman–Crippen LogP) is 0.888. The fourth-order valence-electron chi connectivity index (χ4n) is 2.50. The van der Waals surface area contributed by atoms with Gasteiger partial charge < -0.3 is 19.9 Å². The van der Waals surface area contributed by atoms with E-state index >= 15 is 0 Å². The number of aromatic hydroxyl groups is 1. The molecule has 1 saturated heterocycles. The number of aryl methyl sites for hydroxylation is 2. The van der Waals surface area contributed by atoms with Crippen molar-refractivity contribution in [2.75, 3.05) is 13.2 Å². The van der Waals surface area contributed by atoms with Crippen LogP contribution in [0.15, 0.2) is 24.7 Å². The van der Waals surface area contributed by atoms with Crippen LogP contribution >= 0.6 is 0 Å². The Morgan fingerprint density at radius 1 is 1.50 bits per heavy atom. The maximum absolute atomic E-state index is 12.3. The van der Waals surface area contributed by atoms with Gasteiger partial charge in [0.25, 0.3) is 5.91 Å². The smallest absolute Gasteiger partial charge is 0.274 e. The Balaban J connectivity index is 1.65. The van der Waals surface area contributed by atoms with E-state index in [1.54, 1.807) is 24.0 Å². The molecular formula is C16H20N4O4. The van der Waals surface area contributed by atoms with Crippen LogP contribution in [0.25, 0.3) is 0 Å². The van der Waals surface area contributed by atoms with Gasteiger partial charge in [0.15, 0.2) is 11.4 Å². The number of amides is 1. The second kappa shape index (κ2) is 6.88. The number of hydrogen-bond donors (Lipinski definition) is 2. The zero-order chi connectivity index (χ0) is 17.1. The third kappa shape index (κ3) is 3.48. The topological polar surface area (TPSA) is 98.5 Å². The fraction of sp³-hybridized carbons (Fsp3) is 0.438. The number of carbonyl (C=O) groups excluding carboxylic acids is 1. The van der Waals surface area contributed by atoms with Crippen molar-refractivity contribution in [2.24, 2.45) is 0 Å². The molecule has 0 saturated carbocycles. The SMILES string of the molecule is CCn1cc(O[C@@H]2COC[C@@H]2NC(=O)c2ncc(C)cc2O)cn1. The van der Waals surface area contributed by atoms with E-state index in [-0.39, 0.29) is 23.6 Å². The quantitative estimate of drug-likeness (QED) is 0.844. The fourth-order valence-corrected chi connectivity index (χ4v) is 2.50. The summed E-state index contributed by atoms with van der Waals surface area (Å²) in [5.74, 6) is 0.0249. The van der Waals surface area contributed by atoms with Crippen LogP contribution in [0.4, 0.5) is 0 Å². The van der Waals surface area contributed by atoms with Gasteiger partial charge in [-0.15, -0.1) is 0 Å². The number of nitrogens with one attached hydrogen (secondary N) is 1. The molecule has 1 aliphatic rings. The largest absolute Gasteiger partial charge is 0.505 e. The second-order valence-corrected chi connectivity index (χ2v) is 5.69. The first-order valence-electron chi connectivity index (χ1n) is 7.80. The van der Waals surface area contributed by atoms with Crippen molar-refractivity contribution in [3.8, 4) is 11.5 Å². The average molecular weight is 332 g/mol. The van der Waals surface area contributed by atoms with Gasteiger partial charge in [-0.05, 0) is 25.5 Å². The molecule has 1 amide bonds. The van der Waals surface area contributed by atoms with Gasteiger partial charge in [-0.2, -0.15) is 5.10 Å². The average Bonchev–Trinajstić information content (AvgIpc) is 3.17. The Bertz CT molecular complexity index is 731. The molecule has 0 bridgehead atoms. The lowest BCUT2D eigenvalue weighted by Gasteiger charge is -2.19. The summed E-state index contributed by atoms with van der Waals surface area (Å²) in [5.41, 5.74) is 0.771. The Morgan fingerprint density at radius 2 is 2.33 bits per heavy atom. The van der Waals surface area contributed by atoms with E-state index in [9.17, 15) is 9.90 Å². The van der Waals surface area contributed by atoms with Crippen molar-refractivity contribution in [1.82, 2.24) is 20.1 Å². The number of aromatic nitrogens is 3. The van der Waals surface area contributed by atoms with E-state index in [2.05, 4.69) is 15.4 Å². The number of ether oxygens (including phenoxy) is 2. The van der Waals surface area contributed by atoms with Gasteiger partial charge in [0.1, 0.15) is 11.9 Å². The van der Waals surface area contributed by atoms with Gasteiger partial charge in [0, 0.05) is 12.7 Å².